The largest absolute Gasteiger partial charge is 0.495 e. The number of hydrogen-bond donors (Lipinski definition) is 0. The molecule has 3 aromatic rings. The van der Waals surface area contributed by atoms with Crippen LogP contribution in [0.1, 0.15) is 6.42 Å². The van der Waals surface area contributed by atoms with Gasteiger partial charge in [-0.2, -0.15) is 0 Å². The van der Waals surface area contributed by atoms with E-state index in [1.54, 1.807) is 20.5 Å². The number of anilines is 2. The molecular weight excluding hydrogens is 474 g/mol. The van der Waals surface area contributed by atoms with E-state index in [1.165, 1.54) is 0 Å². The number of morpholine rings is 1. The molecule has 0 bridgehead atoms. The second kappa shape index (κ2) is 11.5. The van der Waals surface area contributed by atoms with Crippen molar-refractivity contribution >= 4 is 28.3 Å². The first-order chi connectivity index (χ1) is 18.2. The minimum Gasteiger partial charge on any atom is -0.495 e. The van der Waals surface area contributed by atoms with Gasteiger partial charge in [0.25, 0.3) is 0 Å². The van der Waals surface area contributed by atoms with E-state index in [1.807, 2.05) is 35.2 Å². The van der Waals surface area contributed by atoms with Crippen LogP contribution in [0.15, 0.2) is 42.7 Å². The zero-order chi connectivity index (χ0) is 25.6. The zero-order valence-corrected chi connectivity index (χ0v) is 21.4. The summed E-state index contributed by atoms with van der Waals surface area (Å²) in [5.41, 5.74) is 1.91. The smallest absolute Gasteiger partial charge is 0.248 e. The molecule has 0 saturated carbocycles. The third kappa shape index (κ3) is 5.48. The van der Waals surface area contributed by atoms with E-state index in [0.29, 0.717) is 37.8 Å². The van der Waals surface area contributed by atoms with Crippen molar-refractivity contribution in [3.05, 3.63) is 42.7 Å². The van der Waals surface area contributed by atoms with Gasteiger partial charge in [0.05, 0.1) is 38.6 Å². The molecule has 2 fully saturated rings. The SMILES string of the molecule is COc1cc2ncnc(N3CCN(c4ccccc4OC)CC3)c2cc1OCCCN1CCOCC1=O. The molecule has 0 atom stereocenters. The summed E-state index contributed by atoms with van der Waals surface area (Å²) in [6.07, 6.45) is 2.32. The summed E-state index contributed by atoms with van der Waals surface area (Å²) in [7, 11) is 3.33. The molecule has 2 saturated heterocycles. The number of amides is 1. The highest BCUT2D eigenvalue weighted by atomic mass is 16.5. The Hall–Kier alpha value is -3.79. The van der Waals surface area contributed by atoms with Gasteiger partial charge >= 0.3 is 0 Å². The van der Waals surface area contributed by atoms with Crippen LogP contribution in [-0.4, -0.2) is 94.1 Å². The highest BCUT2D eigenvalue weighted by Crippen LogP contribution is 2.36. The van der Waals surface area contributed by atoms with Crippen LogP contribution in [0, 0.1) is 0 Å². The van der Waals surface area contributed by atoms with Gasteiger partial charge in [-0.05, 0) is 24.6 Å². The van der Waals surface area contributed by atoms with Crippen LogP contribution in [0.4, 0.5) is 11.5 Å². The monoisotopic (exact) mass is 507 g/mol. The lowest BCUT2D eigenvalue weighted by molar-refractivity contribution is -0.142. The van der Waals surface area contributed by atoms with E-state index in [2.05, 4.69) is 25.8 Å². The maximum absolute atomic E-state index is 11.9. The Labute approximate surface area is 216 Å². The molecular formula is C27H33N5O5. The normalized spacial score (nSPS) is 16.3. The van der Waals surface area contributed by atoms with Gasteiger partial charge in [-0.1, -0.05) is 12.1 Å². The number of methoxy groups -OCH3 is 2. The third-order valence-electron chi connectivity index (χ3n) is 6.82. The van der Waals surface area contributed by atoms with Gasteiger partial charge in [0.15, 0.2) is 11.5 Å². The summed E-state index contributed by atoms with van der Waals surface area (Å²) < 4.78 is 22.5. The number of nitrogens with zero attached hydrogens (tertiary/aromatic N) is 5. The first-order valence-electron chi connectivity index (χ1n) is 12.6. The number of aromatic nitrogens is 2. The Balaban J connectivity index is 1.28. The van der Waals surface area contributed by atoms with Crippen molar-refractivity contribution in [2.45, 2.75) is 6.42 Å². The van der Waals surface area contributed by atoms with Crippen molar-refractivity contribution < 1.29 is 23.7 Å². The van der Waals surface area contributed by atoms with Gasteiger partial charge in [-0.3, -0.25) is 4.79 Å². The highest BCUT2D eigenvalue weighted by molar-refractivity contribution is 5.92. The van der Waals surface area contributed by atoms with E-state index in [9.17, 15) is 4.79 Å². The molecule has 1 amide bonds. The molecule has 5 rings (SSSR count). The first kappa shape index (κ1) is 24.9. The van der Waals surface area contributed by atoms with E-state index in [-0.39, 0.29) is 12.5 Å². The summed E-state index contributed by atoms with van der Waals surface area (Å²) >= 11 is 0. The molecule has 2 aromatic carbocycles. The minimum atomic E-state index is 0.0298. The lowest BCUT2D eigenvalue weighted by Gasteiger charge is -2.37. The van der Waals surface area contributed by atoms with Gasteiger partial charge < -0.3 is 33.6 Å². The molecule has 0 unspecified atom stereocenters. The van der Waals surface area contributed by atoms with Crippen LogP contribution in [0.5, 0.6) is 17.2 Å². The van der Waals surface area contributed by atoms with Crippen molar-refractivity contribution in [3.63, 3.8) is 0 Å². The fraction of sp³-hybridized carbons (Fsp3) is 0.444. The number of carbonyl (C=O) groups is 1. The van der Waals surface area contributed by atoms with Gasteiger partial charge in [-0.25, -0.2) is 9.97 Å². The molecule has 10 heteroatoms. The van der Waals surface area contributed by atoms with Gasteiger partial charge in [-0.15, -0.1) is 0 Å². The fourth-order valence-electron chi connectivity index (χ4n) is 4.85. The Morgan fingerprint density at radius 3 is 2.49 bits per heavy atom. The first-order valence-corrected chi connectivity index (χ1v) is 12.6. The number of fused-ring (bicyclic) bond motifs is 1. The number of rotatable bonds is 9. The Bertz CT molecular complexity index is 1230. The number of ether oxygens (including phenoxy) is 4. The van der Waals surface area contributed by atoms with Crippen molar-refractivity contribution in [2.24, 2.45) is 0 Å². The summed E-state index contributed by atoms with van der Waals surface area (Å²) in [4.78, 5) is 27.5. The average molecular weight is 508 g/mol. The number of carbonyl (C=O) groups excluding carboxylic acids is 1. The number of para-hydroxylation sites is 2. The maximum atomic E-state index is 11.9. The van der Waals surface area contributed by atoms with Gasteiger partial charge in [0.2, 0.25) is 5.91 Å². The van der Waals surface area contributed by atoms with Crippen molar-refractivity contribution in [2.75, 3.05) is 83.1 Å². The van der Waals surface area contributed by atoms with Crippen molar-refractivity contribution in [3.8, 4) is 17.2 Å². The van der Waals surface area contributed by atoms with E-state index >= 15 is 0 Å². The molecule has 37 heavy (non-hydrogen) atoms. The second-order valence-electron chi connectivity index (χ2n) is 9.00. The molecule has 2 aliphatic rings. The predicted molar refractivity (Wildman–Crippen MR) is 141 cm³/mol. The van der Waals surface area contributed by atoms with E-state index in [4.69, 9.17) is 18.9 Å². The zero-order valence-electron chi connectivity index (χ0n) is 21.4. The second-order valence-corrected chi connectivity index (χ2v) is 9.00. The predicted octanol–water partition coefficient (Wildman–Crippen LogP) is 2.60. The molecule has 196 valence electrons. The summed E-state index contributed by atoms with van der Waals surface area (Å²) in [6, 6.07) is 12.0. The Morgan fingerprint density at radius 1 is 0.919 bits per heavy atom. The van der Waals surface area contributed by atoms with Gasteiger partial charge in [0, 0.05) is 50.7 Å². The summed E-state index contributed by atoms with van der Waals surface area (Å²) in [5, 5.41) is 0.924. The van der Waals surface area contributed by atoms with Crippen molar-refractivity contribution in [1.29, 1.82) is 0 Å². The highest BCUT2D eigenvalue weighted by Gasteiger charge is 2.23. The van der Waals surface area contributed by atoms with Gasteiger partial charge in [0.1, 0.15) is 24.5 Å². The quantitative estimate of drug-likeness (QED) is 0.406. The summed E-state index contributed by atoms with van der Waals surface area (Å²) in [5.74, 6) is 3.07. The van der Waals surface area contributed by atoms with Crippen LogP contribution in [-0.2, 0) is 9.53 Å². The molecule has 2 aliphatic heterocycles. The molecule has 1 aromatic heterocycles. The molecule has 3 heterocycles. The van der Waals surface area contributed by atoms with Crippen molar-refractivity contribution in [1.82, 2.24) is 14.9 Å². The lowest BCUT2D eigenvalue weighted by Crippen LogP contribution is -2.47. The number of piperazine rings is 1. The Kier molecular flexibility index (Phi) is 7.74. The maximum Gasteiger partial charge on any atom is 0.248 e. The standard InChI is InChI=1S/C27H33N5O5/c1-34-23-7-4-3-6-22(23)30-9-11-32(12-10-30)27-20-16-25(24(35-2)17-21(20)28-19-29-27)37-14-5-8-31-13-15-36-18-26(31)33/h3-4,6-7,16-17,19H,5,8-15,18H2,1-2H3. The lowest BCUT2D eigenvalue weighted by atomic mass is 10.1. The van der Waals surface area contributed by atoms with Crippen LogP contribution in [0.3, 0.4) is 0 Å². The average Bonchev–Trinajstić information content (AvgIpc) is 2.95. The number of hydrogen-bond acceptors (Lipinski definition) is 9. The molecule has 0 aliphatic carbocycles. The van der Waals surface area contributed by atoms with Crippen LogP contribution in [0.2, 0.25) is 0 Å². The van der Waals surface area contributed by atoms with Crippen LogP contribution in [0.25, 0.3) is 10.9 Å². The third-order valence-corrected chi connectivity index (χ3v) is 6.82. The fourth-order valence-corrected chi connectivity index (χ4v) is 4.85. The molecule has 0 N–H and O–H groups in total. The summed E-state index contributed by atoms with van der Waals surface area (Å²) in [6.45, 7) is 5.83. The van der Waals surface area contributed by atoms with Crippen LogP contribution < -0.4 is 24.0 Å². The van der Waals surface area contributed by atoms with Crippen LogP contribution >= 0.6 is 0 Å². The van der Waals surface area contributed by atoms with E-state index < -0.39 is 0 Å². The minimum absolute atomic E-state index is 0.0298. The number of benzene rings is 2. The molecule has 10 nitrogen and oxygen atoms in total. The molecule has 0 radical (unpaired) electrons. The molecule has 0 spiro atoms. The van der Waals surface area contributed by atoms with E-state index in [0.717, 1.165) is 60.8 Å². The Morgan fingerprint density at radius 2 is 1.70 bits per heavy atom. The topological polar surface area (TPSA) is 89.5 Å².